The number of ether oxygens (including phenoxy) is 2. The van der Waals surface area contributed by atoms with E-state index >= 15 is 0 Å². The second-order valence-corrected chi connectivity index (χ2v) is 5.10. The highest BCUT2D eigenvalue weighted by Gasteiger charge is 2.30. The van der Waals surface area contributed by atoms with E-state index in [1.54, 1.807) is 24.3 Å². The molecular weight excluding hydrogens is 337 g/mol. The lowest BCUT2D eigenvalue weighted by Gasteiger charge is -2.09. The van der Waals surface area contributed by atoms with Gasteiger partial charge in [0.15, 0.2) is 0 Å². The van der Waals surface area contributed by atoms with E-state index in [1.807, 2.05) is 0 Å². The Morgan fingerprint density at radius 3 is 1.96 bits per heavy atom. The molecule has 0 aliphatic carbocycles. The molecule has 1 N–H and O–H groups in total. The second-order valence-electron chi connectivity index (χ2n) is 5.10. The number of carbonyl (C=O) groups is 1. The van der Waals surface area contributed by atoms with Gasteiger partial charge < -0.3 is 14.6 Å². The van der Waals surface area contributed by atoms with Crippen molar-refractivity contribution in [2.24, 2.45) is 0 Å². The molecule has 2 aromatic carbocycles. The van der Waals surface area contributed by atoms with Crippen LogP contribution in [0.4, 0.5) is 13.2 Å². The number of hydrogen-bond donors (Lipinski definition) is 1. The van der Waals surface area contributed by atoms with Crippen LogP contribution in [-0.2, 0) is 11.0 Å². The number of halogens is 3. The van der Waals surface area contributed by atoms with Crippen LogP contribution in [0.2, 0.25) is 0 Å². The molecule has 0 atom stereocenters. The minimum Gasteiger partial charge on any atom is -0.490 e. The predicted octanol–water partition coefficient (Wildman–Crippen LogP) is 4.91. The fraction of sp³-hybridized carbons (Fsp3) is 0.167. The molecule has 4 nitrogen and oxygen atoms in total. The molecular formula is C18H15F3O4. The minimum atomic E-state index is -4.38. The molecule has 0 spiro atoms. The molecule has 0 saturated carbocycles. The van der Waals surface area contributed by atoms with Crippen LogP contribution in [0.1, 0.15) is 12.5 Å². The Hall–Kier alpha value is -2.96. The molecule has 0 heterocycles. The van der Waals surface area contributed by atoms with Gasteiger partial charge in [-0.05, 0) is 61.5 Å². The molecule has 25 heavy (non-hydrogen) atoms. The smallest absolute Gasteiger partial charge is 0.416 e. The van der Waals surface area contributed by atoms with Gasteiger partial charge in [-0.3, -0.25) is 0 Å². The van der Waals surface area contributed by atoms with Gasteiger partial charge in [0.05, 0.1) is 5.56 Å². The van der Waals surface area contributed by atoms with Crippen LogP contribution < -0.4 is 9.47 Å². The Bertz CT molecular complexity index is 747. The fourth-order valence-electron chi connectivity index (χ4n) is 1.80. The van der Waals surface area contributed by atoms with Crippen LogP contribution >= 0.6 is 0 Å². The van der Waals surface area contributed by atoms with Crippen LogP contribution in [0.3, 0.4) is 0 Å². The fourth-order valence-corrected chi connectivity index (χ4v) is 1.80. The molecule has 2 aromatic rings. The summed E-state index contributed by atoms with van der Waals surface area (Å²) < 4.78 is 48.3. The van der Waals surface area contributed by atoms with E-state index < -0.39 is 17.7 Å². The van der Waals surface area contributed by atoms with E-state index in [1.165, 1.54) is 25.1 Å². The Kier molecular flexibility index (Phi) is 5.69. The zero-order valence-electron chi connectivity index (χ0n) is 13.2. The van der Waals surface area contributed by atoms with Gasteiger partial charge in [-0.15, -0.1) is 0 Å². The highest BCUT2D eigenvalue weighted by atomic mass is 19.4. The zero-order valence-corrected chi connectivity index (χ0v) is 13.2. The predicted molar refractivity (Wildman–Crippen MR) is 84.8 cm³/mol. The number of hydrogen-bond acceptors (Lipinski definition) is 3. The molecule has 0 saturated heterocycles. The van der Waals surface area contributed by atoms with Crippen molar-refractivity contribution in [3.63, 3.8) is 0 Å². The minimum absolute atomic E-state index is 0.108. The van der Waals surface area contributed by atoms with Crippen molar-refractivity contribution in [1.82, 2.24) is 0 Å². The average molecular weight is 352 g/mol. The van der Waals surface area contributed by atoms with Crippen molar-refractivity contribution in [1.29, 1.82) is 0 Å². The van der Waals surface area contributed by atoms with Crippen molar-refractivity contribution in [3.8, 4) is 17.2 Å². The molecule has 0 aromatic heterocycles. The van der Waals surface area contributed by atoms with Crippen molar-refractivity contribution in [2.75, 3.05) is 6.61 Å². The van der Waals surface area contributed by atoms with Gasteiger partial charge in [0, 0.05) is 5.57 Å². The van der Waals surface area contributed by atoms with Gasteiger partial charge in [-0.1, -0.05) is 0 Å². The Labute approximate surface area is 142 Å². The maximum Gasteiger partial charge on any atom is 0.416 e. The maximum atomic E-state index is 12.5. The van der Waals surface area contributed by atoms with Gasteiger partial charge in [0.25, 0.3) is 0 Å². The molecule has 7 heteroatoms. The quantitative estimate of drug-likeness (QED) is 0.751. The largest absolute Gasteiger partial charge is 0.490 e. The summed E-state index contributed by atoms with van der Waals surface area (Å²) in [5, 5.41) is 8.71. The molecule has 2 rings (SSSR count). The summed E-state index contributed by atoms with van der Waals surface area (Å²) in [5.41, 5.74) is -0.560. The highest BCUT2D eigenvalue weighted by molar-refractivity contribution is 5.85. The molecule has 0 bridgehead atoms. The first-order chi connectivity index (χ1) is 11.8. The first-order valence-corrected chi connectivity index (χ1v) is 7.24. The number of carboxylic acids is 1. The van der Waals surface area contributed by atoms with Crippen molar-refractivity contribution < 1.29 is 32.5 Å². The summed E-state index contributed by atoms with van der Waals surface area (Å²) in [6.07, 6.45) is -2.94. The van der Waals surface area contributed by atoms with Crippen LogP contribution in [0.5, 0.6) is 17.2 Å². The first kappa shape index (κ1) is 18.4. The van der Waals surface area contributed by atoms with E-state index in [4.69, 9.17) is 14.6 Å². The molecule has 0 fully saturated rings. The highest BCUT2D eigenvalue weighted by Crippen LogP contribution is 2.31. The molecule has 0 aliphatic heterocycles. The van der Waals surface area contributed by atoms with Gasteiger partial charge in [0.2, 0.25) is 0 Å². The van der Waals surface area contributed by atoms with Crippen molar-refractivity contribution >= 4 is 5.97 Å². The molecule has 0 aliphatic rings. The summed E-state index contributed by atoms with van der Waals surface area (Å²) in [4.78, 5) is 10.6. The lowest BCUT2D eigenvalue weighted by Crippen LogP contribution is -2.03. The van der Waals surface area contributed by atoms with E-state index in [-0.39, 0.29) is 17.9 Å². The van der Waals surface area contributed by atoms with Crippen LogP contribution in [0.15, 0.2) is 60.2 Å². The Morgan fingerprint density at radius 2 is 1.48 bits per heavy atom. The van der Waals surface area contributed by atoms with Gasteiger partial charge in [-0.2, -0.15) is 13.2 Å². The zero-order chi connectivity index (χ0) is 18.4. The monoisotopic (exact) mass is 352 g/mol. The summed E-state index contributed by atoms with van der Waals surface area (Å²) in [5.74, 6) is 0.212. The van der Waals surface area contributed by atoms with E-state index in [0.29, 0.717) is 11.5 Å². The number of benzene rings is 2. The van der Waals surface area contributed by atoms with E-state index in [0.717, 1.165) is 12.1 Å². The van der Waals surface area contributed by atoms with Gasteiger partial charge >= 0.3 is 12.1 Å². The lowest BCUT2D eigenvalue weighted by molar-refractivity contribution is -0.137. The molecule has 0 amide bonds. The number of alkyl halides is 3. The van der Waals surface area contributed by atoms with Gasteiger partial charge in [-0.25, -0.2) is 4.79 Å². The first-order valence-electron chi connectivity index (χ1n) is 7.24. The molecule has 0 unspecified atom stereocenters. The third kappa shape index (κ3) is 5.56. The average Bonchev–Trinajstić information content (AvgIpc) is 2.56. The molecule has 132 valence electrons. The number of aliphatic carboxylic acids is 1. The van der Waals surface area contributed by atoms with Crippen LogP contribution in [-0.4, -0.2) is 17.7 Å². The third-order valence-corrected chi connectivity index (χ3v) is 3.22. The SMILES string of the molecule is CC(=CCOc1ccc(Oc2ccc(C(F)(F)F)cc2)cc1)C(=O)O. The standard InChI is InChI=1S/C18H15F3O4/c1-12(17(22)23)10-11-24-14-6-8-16(9-7-14)25-15-4-2-13(3-5-15)18(19,20)21/h2-10H,11H2,1H3,(H,22,23). The molecule has 0 radical (unpaired) electrons. The maximum absolute atomic E-state index is 12.5. The number of carboxylic acid groups (broad SMARTS) is 1. The summed E-state index contributed by atoms with van der Waals surface area (Å²) >= 11 is 0. The van der Waals surface area contributed by atoms with Crippen LogP contribution in [0, 0.1) is 0 Å². The lowest BCUT2D eigenvalue weighted by atomic mass is 10.2. The summed E-state index contributed by atoms with van der Waals surface area (Å²) in [6.45, 7) is 1.57. The Balaban J connectivity index is 1.94. The van der Waals surface area contributed by atoms with Gasteiger partial charge in [0.1, 0.15) is 23.9 Å². The second kappa shape index (κ2) is 7.74. The number of rotatable bonds is 6. The van der Waals surface area contributed by atoms with E-state index in [2.05, 4.69) is 0 Å². The van der Waals surface area contributed by atoms with Crippen molar-refractivity contribution in [3.05, 3.63) is 65.7 Å². The van der Waals surface area contributed by atoms with E-state index in [9.17, 15) is 18.0 Å². The summed E-state index contributed by atoms with van der Waals surface area (Å²) in [7, 11) is 0. The normalized spacial score (nSPS) is 11.9. The Morgan fingerprint density at radius 1 is 1.00 bits per heavy atom. The van der Waals surface area contributed by atoms with Crippen molar-refractivity contribution in [2.45, 2.75) is 13.1 Å². The topological polar surface area (TPSA) is 55.8 Å². The van der Waals surface area contributed by atoms with Crippen LogP contribution in [0.25, 0.3) is 0 Å². The summed E-state index contributed by atoms with van der Waals surface area (Å²) in [6, 6.07) is 10.8. The third-order valence-electron chi connectivity index (χ3n) is 3.22.